The molecule has 4 rings (SSSR count). The summed E-state index contributed by atoms with van der Waals surface area (Å²) in [6.45, 7) is 1.97. The number of nitrogens with zero attached hydrogens (tertiary/aromatic N) is 1. The van der Waals surface area contributed by atoms with E-state index in [1.54, 1.807) is 41.3 Å². The molecule has 0 N–H and O–H groups in total. The zero-order valence-electron chi connectivity index (χ0n) is 15.3. The summed E-state index contributed by atoms with van der Waals surface area (Å²) >= 11 is 8.01. The van der Waals surface area contributed by atoms with Gasteiger partial charge in [-0.05, 0) is 59.8 Å². The quantitative estimate of drug-likeness (QED) is 0.227. The Hall–Kier alpha value is -2.74. The Kier molecular flexibility index (Phi) is 5.62. The molecule has 2 aromatic carbocycles. The first-order valence-electron chi connectivity index (χ1n) is 8.71. The van der Waals surface area contributed by atoms with Crippen molar-refractivity contribution in [2.24, 2.45) is 0 Å². The standard InChI is InChI=1S/C22H15NO3S3/c1-14-5-2-7-16(11-14)23-20(24)19(29-22(23)27)13-15-6-3-8-17(12-15)26-21(25)18-9-4-10-28-18/h2-13H,1H3. The van der Waals surface area contributed by atoms with E-state index in [2.05, 4.69) is 0 Å². The van der Waals surface area contributed by atoms with Gasteiger partial charge in [0, 0.05) is 0 Å². The molecule has 4 nitrogen and oxygen atoms in total. The summed E-state index contributed by atoms with van der Waals surface area (Å²) in [4.78, 5) is 27.7. The van der Waals surface area contributed by atoms with Crippen molar-refractivity contribution in [3.8, 4) is 5.75 Å². The minimum absolute atomic E-state index is 0.161. The molecular formula is C22H15NO3S3. The van der Waals surface area contributed by atoms with Crippen molar-refractivity contribution in [2.45, 2.75) is 6.92 Å². The zero-order valence-corrected chi connectivity index (χ0v) is 17.8. The highest BCUT2D eigenvalue weighted by molar-refractivity contribution is 8.27. The van der Waals surface area contributed by atoms with Crippen LogP contribution >= 0.6 is 35.3 Å². The van der Waals surface area contributed by atoms with Gasteiger partial charge in [-0.15, -0.1) is 11.3 Å². The number of ether oxygens (including phenoxy) is 1. The number of carbonyl (C=O) groups excluding carboxylic acids is 2. The van der Waals surface area contributed by atoms with Gasteiger partial charge < -0.3 is 4.74 Å². The summed E-state index contributed by atoms with van der Waals surface area (Å²) in [6.07, 6.45) is 1.76. The Labute approximate surface area is 181 Å². The van der Waals surface area contributed by atoms with Gasteiger partial charge >= 0.3 is 5.97 Å². The number of hydrogen-bond donors (Lipinski definition) is 0. The zero-order chi connectivity index (χ0) is 20.4. The number of thioether (sulfide) groups is 1. The van der Waals surface area contributed by atoms with E-state index >= 15 is 0 Å². The highest BCUT2D eigenvalue weighted by atomic mass is 32.2. The lowest BCUT2D eigenvalue weighted by Gasteiger charge is -2.14. The lowest BCUT2D eigenvalue weighted by atomic mass is 10.2. The molecule has 1 saturated heterocycles. The second-order valence-electron chi connectivity index (χ2n) is 6.30. The molecule has 0 radical (unpaired) electrons. The molecule has 144 valence electrons. The Morgan fingerprint density at radius 1 is 1.10 bits per heavy atom. The Morgan fingerprint density at radius 2 is 1.93 bits per heavy atom. The van der Waals surface area contributed by atoms with Crippen LogP contribution < -0.4 is 9.64 Å². The van der Waals surface area contributed by atoms with Crippen LogP contribution in [0.1, 0.15) is 20.8 Å². The number of carbonyl (C=O) groups is 2. The largest absolute Gasteiger partial charge is 0.422 e. The highest BCUT2D eigenvalue weighted by Gasteiger charge is 2.33. The number of esters is 1. The Balaban J connectivity index is 1.56. The summed E-state index contributed by atoms with van der Waals surface area (Å²) in [5.74, 6) is -0.138. The van der Waals surface area contributed by atoms with E-state index in [1.165, 1.54) is 23.1 Å². The molecule has 1 fully saturated rings. The summed E-state index contributed by atoms with van der Waals surface area (Å²) in [6, 6.07) is 18.3. The fraction of sp³-hybridized carbons (Fsp3) is 0.0455. The molecule has 0 unspecified atom stereocenters. The van der Waals surface area contributed by atoms with E-state index in [1.807, 2.05) is 42.6 Å². The fourth-order valence-electron chi connectivity index (χ4n) is 2.83. The second kappa shape index (κ2) is 8.32. The van der Waals surface area contributed by atoms with Crippen molar-refractivity contribution in [3.63, 3.8) is 0 Å². The lowest BCUT2D eigenvalue weighted by Crippen LogP contribution is -2.27. The van der Waals surface area contributed by atoms with Crippen LogP contribution in [0, 0.1) is 6.92 Å². The summed E-state index contributed by atoms with van der Waals surface area (Å²) < 4.78 is 5.92. The molecule has 29 heavy (non-hydrogen) atoms. The third-order valence-corrected chi connectivity index (χ3v) is 6.29. The molecule has 1 aliphatic heterocycles. The van der Waals surface area contributed by atoms with Gasteiger partial charge in [-0.3, -0.25) is 9.69 Å². The van der Waals surface area contributed by atoms with Crippen molar-refractivity contribution in [1.29, 1.82) is 0 Å². The second-order valence-corrected chi connectivity index (χ2v) is 8.92. The van der Waals surface area contributed by atoms with E-state index in [0.717, 1.165) is 16.8 Å². The molecule has 3 aromatic rings. The smallest absolute Gasteiger partial charge is 0.353 e. The summed E-state index contributed by atoms with van der Waals surface area (Å²) in [5.41, 5.74) is 2.57. The average Bonchev–Trinajstić information content (AvgIpc) is 3.31. The van der Waals surface area contributed by atoms with Gasteiger partial charge in [0.25, 0.3) is 5.91 Å². The molecule has 7 heteroatoms. The number of thiocarbonyl (C=S) groups is 1. The van der Waals surface area contributed by atoms with Crippen molar-refractivity contribution in [2.75, 3.05) is 4.90 Å². The van der Waals surface area contributed by atoms with Crippen LogP contribution in [0.15, 0.2) is 70.9 Å². The first kappa shape index (κ1) is 19.6. The molecule has 0 bridgehead atoms. The van der Waals surface area contributed by atoms with Crippen LogP contribution in [0.25, 0.3) is 6.08 Å². The van der Waals surface area contributed by atoms with Crippen LogP contribution in [0.4, 0.5) is 5.69 Å². The van der Waals surface area contributed by atoms with Gasteiger partial charge in [0.15, 0.2) is 4.32 Å². The summed E-state index contributed by atoms with van der Waals surface area (Å²) in [5, 5.41) is 1.82. The Morgan fingerprint density at radius 3 is 2.69 bits per heavy atom. The van der Waals surface area contributed by atoms with Crippen molar-refractivity contribution < 1.29 is 14.3 Å². The molecule has 1 aliphatic rings. The van der Waals surface area contributed by atoms with Crippen LogP contribution in [-0.2, 0) is 4.79 Å². The number of hydrogen-bond acceptors (Lipinski definition) is 6. The molecule has 0 saturated carbocycles. The molecule has 1 aromatic heterocycles. The number of anilines is 1. The molecule has 0 aliphatic carbocycles. The molecule has 1 amide bonds. The Bertz CT molecular complexity index is 1140. The number of amides is 1. The van der Waals surface area contributed by atoms with Crippen LogP contribution in [0.2, 0.25) is 0 Å². The maximum absolute atomic E-state index is 12.9. The SMILES string of the molecule is Cc1cccc(N2C(=O)C(=Cc3cccc(OC(=O)c4cccs4)c3)SC2=S)c1. The predicted octanol–water partition coefficient (Wildman–Crippen LogP) is 5.68. The van der Waals surface area contributed by atoms with Gasteiger partial charge in [0.05, 0.1) is 10.6 Å². The van der Waals surface area contributed by atoms with Crippen molar-refractivity contribution in [1.82, 2.24) is 0 Å². The predicted molar refractivity (Wildman–Crippen MR) is 123 cm³/mol. The van der Waals surface area contributed by atoms with E-state index in [9.17, 15) is 9.59 Å². The van der Waals surface area contributed by atoms with Gasteiger partial charge in [-0.25, -0.2) is 4.79 Å². The number of aryl methyl sites for hydroxylation is 1. The van der Waals surface area contributed by atoms with Gasteiger partial charge in [0.1, 0.15) is 10.6 Å². The summed E-state index contributed by atoms with van der Waals surface area (Å²) in [7, 11) is 0. The molecule has 2 heterocycles. The number of rotatable bonds is 4. The van der Waals surface area contributed by atoms with Crippen LogP contribution in [-0.4, -0.2) is 16.2 Å². The van der Waals surface area contributed by atoms with E-state index < -0.39 is 5.97 Å². The van der Waals surface area contributed by atoms with E-state index in [-0.39, 0.29) is 5.91 Å². The van der Waals surface area contributed by atoms with Gasteiger partial charge in [-0.1, -0.05) is 54.3 Å². The van der Waals surface area contributed by atoms with Crippen molar-refractivity contribution >= 4 is 63.3 Å². The van der Waals surface area contributed by atoms with Gasteiger partial charge in [-0.2, -0.15) is 0 Å². The lowest BCUT2D eigenvalue weighted by molar-refractivity contribution is -0.113. The minimum Gasteiger partial charge on any atom is -0.422 e. The monoisotopic (exact) mass is 437 g/mol. The molecule has 0 spiro atoms. The highest BCUT2D eigenvalue weighted by Crippen LogP contribution is 2.36. The first-order chi connectivity index (χ1) is 14.0. The molecule has 0 atom stereocenters. The molecular weight excluding hydrogens is 422 g/mol. The average molecular weight is 438 g/mol. The normalized spacial score (nSPS) is 15.2. The van der Waals surface area contributed by atoms with E-state index in [4.69, 9.17) is 17.0 Å². The van der Waals surface area contributed by atoms with Gasteiger partial charge in [0.2, 0.25) is 0 Å². The third-order valence-electron chi connectivity index (χ3n) is 4.14. The van der Waals surface area contributed by atoms with E-state index in [0.29, 0.717) is 19.9 Å². The maximum Gasteiger partial charge on any atom is 0.353 e. The fourth-order valence-corrected chi connectivity index (χ4v) is 4.73. The van der Waals surface area contributed by atoms with Crippen molar-refractivity contribution in [3.05, 3.63) is 87.0 Å². The number of benzene rings is 2. The first-order valence-corrected chi connectivity index (χ1v) is 10.8. The minimum atomic E-state index is -0.400. The topological polar surface area (TPSA) is 46.6 Å². The van der Waals surface area contributed by atoms with Crippen LogP contribution in [0.5, 0.6) is 5.75 Å². The maximum atomic E-state index is 12.9. The van der Waals surface area contributed by atoms with Crippen LogP contribution in [0.3, 0.4) is 0 Å². The number of thiophene rings is 1. The third kappa shape index (κ3) is 4.32.